The maximum absolute atomic E-state index is 13.0. The average Bonchev–Trinajstić information content (AvgIpc) is 3.01. The molecule has 1 unspecified atom stereocenters. The van der Waals surface area contributed by atoms with E-state index in [9.17, 15) is 4.79 Å². The highest BCUT2D eigenvalue weighted by Gasteiger charge is 2.32. The van der Waals surface area contributed by atoms with E-state index in [1.165, 1.54) is 0 Å². The van der Waals surface area contributed by atoms with Gasteiger partial charge in [-0.25, -0.2) is 9.79 Å². The van der Waals surface area contributed by atoms with E-state index in [-0.39, 0.29) is 12.1 Å². The van der Waals surface area contributed by atoms with Crippen molar-refractivity contribution < 1.29 is 14.3 Å². The number of piperazine rings is 1. The standard InChI is InChI=1S/C27H27ClN4O3/c1-17-4-10-23-25(14-17)35-24-11-9-21(34-3)15-22(24)26(30-23)31-12-13-32(18(2)16-31)27(33)29-20-7-5-19(28)6-8-20/h4-11,14-15,18H,12-13,16H2,1-3H3,(H,29,33). The van der Waals surface area contributed by atoms with Crippen molar-refractivity contribution in [3.05, 3.63) is 76.8 Å². The Bertz CT molecular complexity index is 1290. The number of halogens is 1. The monoisotopic (exact) mass is 490 g/mol. The van der Waals surface area contributed by atoms with Gasteiger partial charge in [0.25, 0.3) is 0 Å². The normalized spacial score (nSPS) is 16.9. The summed E-state index contributed by atoms with van der Waals surface area (Å²) in [4.78, 5) is 22.1. The molecule has 0 spiro atoms. The number of methoxy groups -OCH3 is 1. The number of nitrogens with zero attached hydrogens (tertiary/aromatic N) is 3. The maximum Gasteiger partial charge on any atom is 0.322 e. The van der Waals surface area contributed by atoms with Gasteiger partial charge in [0.05, 0.1) is 12.7 Å². The Labute approximate surface area is 209 Å². The number of amidine groups is 1. The minimum absolute atomic E-state index is 0.0329. The molecule has 0 radical (unpaired) electrons. The van der Waals surface area contributed by atoms with Gasteiger partial charge < -0.3 is 24.6 Å². The summed E-state index contributed by atoms with van der Waals surface area (Å²) in [5.41, 5.74) is 3.46. The first-order valence-electron chi connectivity index (χ1n) is 11.5. The Morgan fingerprint density at radius 1 is 1.09 bits per heavy atom. The van der Waals surface area contributed by atoms with Gasteiger partial charge in [-0.2, -0.15) is 0 Å². The third-order valence-corrected chi connectivity index (χ3v) is 6.52. The van der Waals surface area contributed by atoms with Crippen LogP contribution in [-0.2, 0) is 0 Å². The summed E-state index contributed by atoms with van der Waals surface area (Å²) >= 11 is 5.96. The van der Waals surface area contributed by atoms with Crippen LogP contribution >= 0.6 is 11.6 Å². The van der Waals surface area contributed by atoms with Gasteiger partial charge in [-0.05, 0) is 74.0 Å². The van der Waals surface area contributed by atoms with E-state index in [4.69, 9.17) is 26.1 Å². The minimum atomic E-state index is -0.131. The first-order chi connectivity index (χ1) is 16.9. The molecule has 7 nitrogen and oxygen atoms in total. The summed E-state index contributed by atoms with van der Waals surface area (Å²) in [6.07, 6.45) is 0. The molecule has 1 N–H and O–H groups in total. The second-order valence-corrected chi connectivity index (χ2v) is 9.23. The maximum atomic E-state index is 13.0. The number of hydrogen-bond acceptors (Lipinski definition) is 5. The van der Waals surface area contributed by atoms with E-state index in [1.54, 1.807) is 31.4 Å². The van der Waals surface area contributed by atoms with Crippen LogP contribution in [0.1, 0.15) is 18.1 Å². The first-order valence-corrected chi connectivity index (χ1v) is 11.9. The van der Waals surface area contributed by atoms with E-state index in [1.807, 2.05) is 55.1 Å². The van der Waals surface area contributed by atoms with Crippen LogP contribution in [0.5, 0.6) is 17.2 Å². The lowest BCUT2D eigenvalue weighted by molar-refractivity contribution is 0.145. The summed E-state index contributed by atoms with van der Waals surface area (Å²) in [5.74, 6) is 2.99. The van der Waals surface area contributed by atoms with Crippen molar-refractivity contribution in [2.45, 2.75) is 19.9 Å². The summed E-state index contributed by atoms with van der Waals surface area (Å²) in [6, 6.07) is 18.7. The molecule has 0 aromatic heterocycles. The fourth-order valence-corrected chi connectivity index (χ4v) is 4.54. The molecule has 5 rings (SSSR count). The fraction of sp³-hybridized carbons (Fsp3) is 0.259. The molecule has 3 aromatic rings. The molecule has 1 fully saturated rings. The number of anilines is 1. The first kappa shape index (κ1) is 23.1. The lowest BCUT2D eigenvalue weighted by atomic mass is 10.1. The number of ether oxygens (including phenoxy) is 2. The minimum Gasteiger partial charge on any atom is -0.497 e. The number of urea groups is 1. The molecule has 0 aliphatic carbocycles. The molecule has 1 atom stereocenters. The van der Waals surface area contributed by atoms with Gasteiger partial charge in [0.1, 0.15) is 23.0 Å². The molecule has 8 heteroatoms. The van der Waals surface area contributed by atoms with Crippen LogP contribution in [0.2, 0.25) is 5.02 Å². The van der Waals surface area contributed by atoms with Gasteiger partial charge in [0, 0.05) is 36.4 Å². The van der Waals surface area contributed by atoms with Gasteiger partial charge >= 0.3 is 6.03 Å². The Morgan fingerprint density at radius 3 is 2.63 bits per heavy atom. The van der Waals surface area contributed by atoms with Crippen LogP contribution in [0.4, 0.5) is 16.2 Å². The van der Waals surface area contributed by atoms with Crippen LogP contribution in [-0.4, -0.2) is 54.5 Å². The van der Waals surface area contributed by atoms with E-state index in [0.29, 0.717) is 30.3 Å². The number of hydrogen-bond donors (Lipinski definition) is 1. The SMILES string of the molecule is COc1ccc2c(c1)C(N1CCN(C(=O)Nc3ccc(Cl)cc3)C(C)C1)=Nc1ccc(C)cc1O2. The molecule has 3 aromatic carbocycles. The van der Waals surface area contributed by atoms with Gasteiger partial charge in [-0.3, -0.25) is 0 Å². The van der Waals surface area contributed by atoms with Gasteiger partial charge in [-0.1, -0.05) is 17.7 Å². The van der Waals surface area contributed by atoms with Crippen LogP contribution in [0.25, 0.3) is 0 Å². The highest BCUT2D eigenvalue weighted by atomic mass is 35.5. The summed E-state index contributed by atoms with van der Waals surface area (Å²) in [7, 11) is 1.65. The molecule has 0 saturated carbocycles. The molecule has 180 valence electrons. The van der Waals surface area contributed by atoms with E-state index >= 15 is 0 Å². The largest absolute Gasteiger partial charge is 0.497 e. The van der Waals surface area contributed by atoms with Crippen molar-refractivity contribution in [2.75, 3.05) is 32.1 Å². The molecular formula is C27H27ClN4O3. The number of benzene rings is 3. The second kappa shape index (κ2) is 9.50. The number of amides is 2. The summed E-state index contributed by atoms with van der Waals surface area (Å²) in [5, 5.41) is 3.60. The Kier molecular flexibility index (Phi) is 6.26. The van der Waals surface area contributed by atoms with Crippen molar-refractivity contribution in [2.24, 2.45) is 4.99 Å². The van der Waals surface area contributed by atoms with Crippen LogP contribution < -0.4 is 14.8 Å². The molecule has 2 aliphatic heterocycles. The van der Waals surface area contributed by atoms with Crippen LogP contribution in [0.15, 0.2) is 65.7 Å². The zero-order valence-corrected chi connectivity index (χ0v) is 20.7. The van der Waals surface area contributed by atoms with Crippen molar-refractivity contribution in [3.8, 4) is 17.2 Å². The number of aryl methyl sites for hydroxylation is 1. The summed E-state index contributed by atoms with van der Waals surface area (Å²) in [6.45, 7) is 5.90. The van der Waals surface area contributed by atoms with Crippen molar-refractivity contribution in [1.29, 1.82) is 0 Å². The van der Waals surface area contributed by atoms with E-state index < -0.39 is 0 Å². The zero-order chi connectivity index (χ0) is 24.5. The smallest absolute Gasteiger partial charge is 0.322 e. The number of nitrogens with one attached hydrogen (secondary N) is 1. The Hall–Kier alpha value is -3.71. The van der Waals surface area contributed by atoms with Gasteiger partial charge in [0.2, 0.25) is 0 Å². The van der Waals surface area contributed by atoms with Crippen LogP contribution in [0, 0.1) is 6.92 Å². The van der Waals surface area contributed by atoms with E-state index in [2.05, 4.69) is 10.2 Å². The number of fused-ring (bicyclic) bond motifs is 2. The van der Waals surface area contributed by atoms with E-state index in [0.717, 1.165) is 39.9 Å². The van der Waals surface area contributed by atoms with Gasteiger partial charge in [-0.15, -0.1) is 0 Å². The number of carbonyl (C=O) groups is 1. The van der Waals surface area contributed by atoms with Crippen molar-refractivity contribution in [1.82, 2.24) is 9.80 Å². The highest BCUT2D eigenvalue weighted by molar-refractivity contribution is 6.30. The molecule has 35 heavy (non-hydrogen) atoms. The second-order valence-electron chi connectivity index (χ2n) is 8.80. The summed E-state index contributed by atoms with van der Waals surface area (Å²) < 4.78 is 11.8. The predicted molar refractivity (Wildman–Crippen MR) is 139 cm³/mol. The molecular weight excluding hydrogens is 464 g/mol. The molecule has 0 bridgehead atoms. The highest BCUT2D eigenvalue weighted by Crippen LogP contribution is 2.40. The molecule has 1 saturated heterocycles. The van der Waals surface area contributed by atoms with Gasteiger partial charge in [0.15, 0.2) is 5.75 Å². The predicted octanol–water partition coefficient (Wildman–Crippen LogP) is 6.08. The van der Waals surface area contributed by atoms with Crippen molar-refractivity contribution >= 4 is 34.8 Å². The Morgan fingerprint density at radius 2 is 1.89 bits per heavy atom. The fourth-order valence-electron chi connectivity index (χ4n) is 4.41. The number of rotatable bonds is 2. The third kappa shape index (κ3) is 4.77. The topological polar surface area (TPSA) is 66.4 Å². The number of aliphatic imine (C=N–C) groups is 1. The third-order valence-electron chi connectivity index (χ3n) is 6.27. The Balaban J connectivity index is 1.41. The molecule has 2 heterocycles. The molecule has 2 aliphatic rings. The number of carbonyl (C=O) groups excluding carboxylic acids is 1. The molecule has 2 amide bonds. The zero-order valence-electron chi connectivity index (χ0n) is 19.9. The lowest BCUT2D eigenvalue weighted by Crippen LogP contribution is -2.56. The quantitative estimate of drug-likeness (QED) is 0.472. The van der Waals surface area contributed by atoms with Crippen molar-refractivity contribution in [3.63, 3.8) is 0 Å². The average molecular weight is 491 g/mol. The van der Waals surface area contributed by atoms with Crippen LogP contribution in [0.3, 0.4) is 0 Å². The lowest BCUT2D eigenvalue weighted by Gasteiger charge is -2.41.